The first kappa shape index (κ1) is 18.9. The van der Waals surface area contributed by atoms with Crippen LogP contribution < -0.4 is 5.43 Å². The Hall–Kier alpha value is -4.46. The summed E-state index contributed by atoms with van der Waals surface area (Å²) < 4.78 is 0. The number of amides is 1. The van der Waals surface area contributed by atoms with Gasteiger partial charge in [-0.15, -0.1) is 0 Å². The molecule has 0 spiro atoms. The molecular formula is C22H15N5O3. The number of hydrazone groups is 1. The molecule has 4 aromatic rings. The lowest BCUT2D eigenvalue weighted by Gasteiger charge is -2.09. The lowest BCUT2D eigenvalue weighted by molar-refractivity contribution is -0.384. The van der Waals surface area contributed by atoms with Crippen molar-refractivity contribution in [3.63, 3.8) is 0 Å². The third-order valence-electron chi connectivity index (χ3n) is 4.32. The Morgan fingerprint density at radius 1 is 0.900 bits per heavy atom. The van der Waals surface area contributed by atoms with Gasteiger partial charge in [0.05, 0.1) is 22.2 Å². The number of nitro groups is 1. The fraction of sp³-hybridized carbons (Fsp3) is 0. The number of aromatic nitrogens is 2. The van der Waals surface area contributed by atoms with Gasteiger partial charge in [-0.05, 0) is 29.8 Å². The van der Waals surface area contributed by atoms with Crippen molar-refractivity contribution in [3.05, 3.63) is 100 Å². The van der Waals surface area contributed by atoms with Crippen molar-refractivity contribution in [3.8, 4) is 11.3 Å². The Labute approximate surface area is 171 Å². The van der Waals surface area contributed by atoms with Crippen LogP contribution in [0.3, 0.4) is 0 Å². The normalized spacial score (nSPS) is 10.9. The third kappa shape index (κ3) is 4.02. The zero-order valence-electron chi connectivity index (χ0n) is 15.6. The first-order valence-electron chi connectivity index (χ1n) is 9.02. The van der Waals surface area contributed by atoms with Crippen LogP contribution in [0.4, 0.5) is 5.69 Å². The van der Waals surface area contributed by atoms with Crippen LogP contribution in [0.25, 0.3) is 22.3 Å². The maximum atomic E-state index is 12.8. The van der Waals surface area contributed by atoms with Gasteiger partial charge in [-0.3, -0.25) is 14.9 Å². The minimum atomic E-state index is -0.509. The molecule has 0 fully saturated rings. The fourth-order valence-electron chi connectivity index (χ4n) is 2.86. The van der Waals surface area contributed by atoms with Crippen LogP contribution in [0, 0.1) is 10.1 Å². The second-order valence-electron chi connectivity index (χ2n) is 6.32. The molecule has 0 aliphatic carbocycles. The number of carbonyl (C=O) groups is 1. The van der Waals surface area contributed by atoms with E-state index in [2.05, 4.69) is 20.5 Å². The lowest BCUT2D eigenvalue weighted by Crippen LogP contribution is -2.20. The van der Waals surface area contributed by atoms with Gasteiger partial charge in [0.25, 0.3) is 11.6 Å². The average Bonchev–Trinajstić information content (AvgIpc) is 2.79. The second-order valence-corrected chi connectivity index (χ2v) is 6.32. The molecule has 0 unspecified atom stereocenters. The smallest absolute Gasteiger partial charge is 0.265 e. The number of fused-ring (bicyclic) bond motifs is 1. The monoisotopic (exact) mass is 397 g/mol. The average molecular weight is 397 g/mol. The largest absolute Gasteiger partial charge is 0.292 e. The van der Waals surface area contributed by atoms with E-state index >= 15 is 0 Å². The van der Waals surface area contributed by atoms with Crippen LogP contribution in [0.2, 0.25) is 0 Å². The Bertz CT molecular complexity index is 1260. The van der Waals surface area contributed by atoms with Crippen molar-refractivity contribution in [1.29, 1.82) is 0 Å². The van der Waals surface area contributed by atoms with Crippen molar-refractivity contribution in [2.75, 3.05) is 0 Å². The van der Waals surface area contributed by atoms with E-state index in [1.54, 1.807) is 18.2 Å². The molecule has 0 saturated carbocycles. The van der Waals surface area contributed by atoms with Gasteiger partial charge in [0.2, 0.25) is 0 Å². The van der Waals surface area contributed by atoms with Gasteiger partial charge in [0.1, 0.15) is 5.69 Å². The van der Waals surface area contributed by atoms with Crippen LogP contribution in [0.1, 0.15) is 16.1 Å². The van der Waals surface area contributed by atoms with Crippen molar-refractivity contribution < 1.29 is 9.72 Å². The fourth-order valence-corrected chi connectivity index (χ4v) is 2.86. The lowest BCUT2D eigenvalue weighted by atomic mass is 10.1. The number of nitrogens with zero attached hydrogens (tertiary/aromatic N) is 4. The summed E-state index contributed by atoms with van der Waals surface area (Å²) >= 11 is 0. The molecule has 1 amide bonds. The van der Waals surface area contributed by atoms with Crippen molar-refractivity contribution in [2.45, 2.75) is 0 Å². The minimum absolute atomic E-state index is 0.0184. The van der Waals surface area contributed by atoms with Crippen LogP contribution in [-0.4, -0.2) is 27.0 Å². The standard InChI is InChI=1S/C22H15N5O3/c28-22(26-23-14-15-10-12-17(13-11-15)27(29)30)21-20(16-6-2-1-3-7-16)24-18-8-4-5-9-19(18)25-21/h1-14H,(H,26,28)/b23-14+. The molecule has 8 heteroatoms. The summed E-state index contributed by atoms with van der Waals surface area (Å²) in [6.07, 6.45) is 1.40. The number of carbonyl (C=O) groups excluding carboxylic acids is 1. The van der Waals surface area contributed by atoms with Crippen molar-refractivity contribution in [1.82, 2.24) is 15.4 Å². The molecule has 0 saturated heterocycles. The Morgan fingerprint density at radius 3 is 2.20 bits per heavy atom. The minimum Gasteiger partial charge on any atom is -0.265 e. The quantitative estimate of drug-likeness (QED) is 0.311. The first-order valence-corrected chi connectivity index (χ1v) is 9.02. The van der Waals surface area contributed by atoms with Crippen molar-refractivity contribution in [2.24, 2.45) is 5.10 Å². The van der Waals surface area contributed by atoms with E-state index in [0.717, 1.165) is 5.56 Å². The molecule has 4 rings (SSSR count). The summed E-state index contributed by atoms with van der Waals surface area (Å²) in [6.45, 7) is 0. The summed E-state index contributed by atoms with van der Waals surface area (Å²) in [4.78, 5) is 32.1. The molecule has 30 heavy (non-hydrogen) atoms. The molecule has 8 nitrogen and oxygen atoms in total. The second kappa shape index (κ2) is 8.27. The maximum Gasteiger partial charge on any atom is 0.292 e. The van der Waals surface area contributed by atoms with Crippen LogP contribution in [0.5, 0.6) is 0 Å². The predicted molar refractivity (Wildman–Crippen MR) is 113 cm³/mol. The molecule has 1 heterocycles. The molecule has 0 aliphatic heterocycles. The SMILES string of the molecule is O=C(N/N=C/c1ccc([N+](=O)[O-])cc1)c1nc2ccccc2nc1-c1ccccc1. The van der Waals surface area contributed by atoms with E-state index in [0.29, 0.717) is 22.3 Å². The first-order chi connectivity index (χ1) is 14.6. The predicted octanol–water partition coefficient (Wildman–Crippen LogP) is 3.97. The summed E-state index contributed by atoms with van der Waals surface area (Å²) in [5.74, 6) is -0.509. The van der Waals surface area contributed by atoms with Gasteiger partial charge in [-0.25, -0.2) is 15.4 Å². The molecular weight excluding hydrogens is 382 g/mol. The highest BCUT2D eigenvalue weighted by Crippen LogP contribution is 2.23. The number of hydrogen-bond acceptors (Lipinski definition) is 6. The third-order valence-corrected chi connectivity index (χ3v) is 4.32. The number of nitro benzene ring substituents is 1. The van der Waals surface area contributed by atoms with E-state index < -0.39 is 10.8 Å². The maximum absolute atomic E-state index is 12.8. The number of non-ortho nitro benzene ring substituents is 1. The Morgan fingerprint density at radius 2 is 1.53 bits per heavy atom. The van der Waals surface area contributed by atoms with E-state index in [4.69, 9.17) is 0 Å². The van der Waals surface area contributed by atoms with Gasteiger partial charge >= 0.3 is 0 Å². The number of rotatable bonds is 5. The number of hydrogen-bond donors (Lipinski definition) is 1. The number of para-hydroxylation sites is 2. The highest BCUT2D eigenvalue weighted by atomic mass is 16.6. The molecule has 0 bridgehead atoms. The number of nitrogens with one attached hydrogen (secondary N) is 1. The van der Waals surface area contributed by atoms with Gasteiger partial charge in [-0.1, -0.05) is 42.5 Å². The van der Waals surface area contributed by atoms with Gasteiger partial charge < -0.3 is 0 Å². The summed E-state index contributed by atoms with van der Waals surface area (Å²) in [5, 5.41) is 14.7. The van der Waals surface area contributed by atoms with E-state index in [1.165, 1.54) is 18.3 Å². The molecule has 1 N–H and O–H groups in total. The van der Waals surface area contributed by atoms with Crippen LogP contribution in [0.15, 0.2) is 84.0 Å². The Kier molecular flexibility index (Phi) is 5.21. The topological polar surface area (TPSA) is 110 Å². The molecule has 0 atom stereocenters. The van der Waals surface area contributed by atoms with Gasteiger partial charge in [0.15, 0.2) is 5.69 Å². The van der Waals surface area contributed by atoms with Crippen LogP contribution in [-0.2, 0) is 0 Å². The summed E-state index contributed by atoms with van der Waals surface area (Å²) in [6, 6.07) is 22.4. The highest BCUT2D eigenvalue weighted by molar-refractivity contribution is 6.00. The Balaban J connectivity index is 1.62. The highest BCUT2D eigenvalue weighted by Gasteiger charge is 2.17. The van der Waals surface area contributed by atoms with E-state index in [9.17, 15) is 14.9 Å². The molecule has 1 aromatic heterocycles. The zero-order valence-corrected chi connectivity index (χ0v) is 15.6. The molecule has 0 aliphatic rings. The zero-order chi connectivity index (χ0) is 20.9. The molecule has 146 valence electrons. The summed E-state index contributed by atoms with van der Waals surface area (Å²) in [7, 11) is 0. The van der Waals surface area contributed by atoms with Gasteiger partial charge in [0, 0.05) is 17.7 Å². The van der Waals surface area contributed by atoms with E-state index in [-0.39, 0.29) is 11.4 Å². The van der Waals surface area contributed by atoms with Gasteiger partial charge in [-0.2, -0.15) is 5.10 Å². The molecule has 3 aromatic carbocycles. The summed E-state index contributed by atoms with van der Waals surface area (Å²) in [5.41, 5.74) is 5.70. The van der Waals surface area contributed by atoms with Crippen LogP contribution >= 0.6 is 0 Å². The van der Waals surface area contributed by atoms with Crippen molar-refractivity contribution >= 4 is 28.8 Å². The number of benzene rings is 3. The molecule has 0 radical (unpaired) electrons. The van der Waals surface area contributed by atoms with E-state index in [1.807, 2.05) is 48.5 Å².